The first-order chi connectivity index (χ1) is 11.9. The molecule has 2 aromatic rings. The van der Waals surface area contributed by atoms with E-state index in [2.05, 4.69) is 5.32 Å². The summed E-state index contributed by atoms with van der Waals surface area (Å²) in [5.74, 6) is 0.757. The predicted octanol–water partition coefficient (Wildman–Crippen LogP) is 3.48. The van der Waals surface area contributed by atoms with Crippen molar-refractivity contribution in [3.05, 3.63) is 60.2 Å². The molecule has 25 heavy (non-hydrogen) atoms. The molecule has 0 bridgehead atoms. The molecular weight excluding hydrogens is 318 g/mol. The van der Waals surface area contributed by atoms with Crippen LogP contribution in [0, 0.1) is 0 Å². The van der Waals surface area contributed by atoms with E-state index in [0.29, 0.717) is 12.2 Å². The average molecular weight is 341 g/mol. The van der Waals surface area contributed by atoms with Crippen LogP contribution in [0.3, 0.4) is 0 Å². The summed E-state index contributed by atoms with van der Waals surface area (Å²) in [6.45, 7) is 4.93. The van der Waals surface area contributed by atoms with Gasteiger partial charge in [0.05, 0.1) is 6.10 Å². The molecule has 0 aliphatic heterocycles. The van der Waals surface area contributed by atoms with Gasteiger partial charge in [0.25, 0.3) is 0 Å². The van der Waals surface area contributed by atoms with E-state index in [-0.39, 0.29) is 12.0 Å². The van der Waals surface area contributed by atoms with E-state index in [0.717, 1.165) is 11.3 Å². The minimum absolute atomic E-state index is 0.231. The number of para-hydroxylation sites is 1. The average Bonchev–Trinajstić information content (AvgIpc) is 2.56. The van der Waals surface area contributed by atoms with Crippen LogP contribution in [0.2, 0.25) is 0 Å². The molecule has 2 rings (SSSR count). The maximum atomic E-state index is 12.1. The smallest absolute Gasteiger partial charge is 0.329 e. The number of amides is 1. The predicted molar refractivity (Wildman–Crippen MR) is 95.5 cm³/mol. The van der Waals surface area contributed by atoms with Gasteiger partial charge in [-0.15, -0.1) is 0 Å². The highest BCUT2D eigenvalue weighted by atomic mass is 16.5. The number of carbonyl (C=O) groups is 2. The Morgan fingerprint density at radius 2 is 1.56 bits per heavy atom. The van der Waals surface area contributed by atoms with Crippen LogP contribution >= 0.6 is 0 Å². The largest absolute Gasteiger partial charge is 0.461 e. The van der Waals surface area contributed by atoms with Crippen molar-refractivity contribution in [3.63, 3.8) is 0 Å². The molecule has 0 radical (unpaired) electrons. The molecule has 1 amide bonds. The molecule has 1 atom stereocenters. The lowest BCUT2D eigenvalue weighted by Gasteiger charge is -2.18. The van der Waals surface area contributed by atoms with Crippen LogP contribution < -0.4 is 10.1 Å². The number of benzene rings is 2. The lowest BCUT2D eigenvalue weighted by molar-refractivity contribution is -0.151. The third-order valence-electron chi connectivity index (χ3n) is 3.36. The first kappa shape index (κ1) is 18.5. The van der Waals surface area contributed by atoms with Crippen LogP contribution in [0.4, 0.5) is 0 Å². The Labute approximate surface area is 148 Å². The van der Waals surface area contributed by atoms with E-state index in [9.17, 15) is 9.59 Å². The second-order valence-corrected chi connectivity index (χ2v) is 6.00. The zero-order valence-corrected chi connectivity index (χ0v) is 14.7. The number of esters is 1. The van der Waals surface area contributed by atoms with Gasteiger partial charge in [-0.3, -0.25) is 4.79 Å². The molecule has 132 valence electrons. The SMILES string of the molecule is CC(=O)NC(Cc1ccc(Oc2ccccc2)cc1)C(=O)OC(C)C. The molecule has 5 heteroatoms. The maximum Gasteiger partial charge on any atom is 0.329 e. The van der Waals surface area contributed by atoms with Crippen LogP contribution in [-0.2, 0) is 20.7 Å². The Balaban J connectivity index is 2.03. The second kappa shape index (κ2) is 8.87. The lowest BCUT2D eigenvalue weighted by Crippen LogP contribution is -2.43. The molecule has 0 aliphatic rings. The van der Waals surface area contributed by atoms with Crippen LogP contribution in [0.15, 0.2) is 54.6 Å². The Morgan fingerprint density at radius 1 is 0.960 bits per heavy atom. The topological polar surface area (TPSA) is 64.6 Å². The van der Waals surface area contributed by atoms with Crippen LogP contribution in [0.1, 0.15) is 26.3 Å². The molecule has 0 aliphatic carbocycles. The Morgan fingerprint density at radius 3 is 2.12 bits per heavy atom. The molecule has 0 heterocycles. The number of rotatable bonds is 7. The first-order valence-corrected chi connectivity index (χ1v) is 8.23. The number of ether oxygens (including phenoxy) is 2. The van der Waals surface area contributed by atoms with Gasteiger partial charge in [-0.25, -0.2) is 4.79 Å². The Hall–Kier alpha value is -2.82. The van der Waals surface area contributed by atoms with Gasteiger partial charge in [-0.2, -0.15) is 0 Å². The molecule has 0 aromatic heterocycles. The Bertz CT molecular complexity index is 695. The van der Waals surface area contributed by atoms with E-state index in [4.69, 9.17) is 9.47 Å². The molecule has 0 saturated heterocycles. The summed E-state index contributed by atoms with van der Waals surface area (Å²) in [4.78, 5) is 23.5. The molecule has 2 aromatic carbocycles. The zero-order valence-electron chi connectivity index (χ0n) is 14.7. The summed E-state index contributed by atoms with van der Waals surface area (Å²) in [6, 6.07) is 16.2. The summed E-state index contributed by atoms with van der Waals surface area (Å²) in [6.07, 6.45) is 0.127. The molecule has 0 fully saturated rings. The van der Waals surface area contributed by atoms with Gasteiger partial charge in [0.15, 0.2) is 0 Å². The molecule has 0 spiro atoms. The van der Waals surface area contributed by atoms with Crippen molar-refractivity contribution < 1.29 is 19.1 Å². The molecule has 1 unspecified atom stereocenters. The summed E-state index contributed by atoms with van der Waals surface area (Å²) in [5.41, 5.74) is 0.903. The van der Waals surface area contributed by atoms with Gasteiger partial charge < -0.3 is 14.8 Å². The summed E-state index contributed by atoms with van der Waals surface area (Å²) in [5, 5.41) is 2.64. The lowest BCUT2D eigenvalue weighted by atomic mass is 10.1. The summed E-state index contributed by atoms with van der Waals surface area (Å²) in [7, 11) is 0. The molecule has 0 saturated carbocycles. The zero-order chi connectivity index (χ0) is 18.2. The number of carbonyl (C=O) groups excluding carboxylic acids is 2. The number of nitrogens with one attached hydrogen (secondary N) is 1. The Kier molecular flexibility index (Phi) is 6.57. The van der Waals surface area contributed by atoms with Crippen molar-refractivity contribution in [2.75, 3.05) is 0 Å². The highest BCUT2D eigenvalue weighted by molar-refractivity contribution is 5.83. The summed E-state index contributed by atoms with van der Waals surface area (Å²) < 4.78 is 11.0. The van der Waals surface area contributed by atoms with Crippen molar-refractivity contribution in [2.24, 2.45) is 0 Å². The summed E-state index contributed by atoms with van der Waals surface area (Å²) >= 11 is 0. The molecule has 1 N–H and O–H groups in total. The van der Waals surface area contributed by atoms with Crippen molar-refractivity contribution in [2.45, 2.75) is 39.3 Å². The van der Waals surface area contributed by atoms with Crippen molar-refractivity contribution >= 4 is 11.9 Å². The monoisotopic (exact) mass is 341 g/mol. The van der Waals surface area contributed by atoms with Gasteiger partial charge in [0.1, 0.15) is 17.5 Å². The standard InChI is InChI=1S/C20H23NO4/c1-14(2)24-20(23)19(21-15(3)22)13-16-9-11-18(12-10-16)25-17-7-5-4-6-8-17/h4-12,14,19H,13H2,1-3H3,(H,21,22). The third-order valence-corrected chi connectivity index (χ3v) is 3.36. The quantitative estimate of drug-likeness (QED) is 0.783. The number of hydrogen-bond donors (Lipinski definition) is 1. The van der Waals surface area contributed by atoms with Crippen LogP contribution in [0.5, 0.6) is 11.5 Å². The molecular formula is C20H23NO4. The maximum absolute atomic E-state index is 12.1. The normalized spacial score (nSPS) is 11.7. The first-order valence-electron chi connectivity index (χ1n) is 8.23. The second-order valence-electron chi connectivity index (χ2n) is 6.00. The van der Waals surface area contributed by atoms with Gasteiger partial charge in [0, 0.05) is 13.3 Å². The van der Waals surface area contributed by atoms with E-state index >= 15 is 0 Å². The van der Waals surface area contributed by atoms with Gasteiger partial charge in [-0.05, 0) is 43.7 Å². The van der Waals surface area contributed by atoms with Gasteiger partial charge in [-0.1, -0.05) is 30.3 Å². The van der Waals surface area contributed by atoms with Crippen molar-refractivity contribution in [1.82, 2.24) is 5.32 Å². The van der Waals surface area contributed by atoms with Crippen molar-refractivity contribution in [1.29, 1.82) is 0 Å². The van der Waals surface area contributed by atoms with Crippen molar-refractivity contribution in [3.8, 4) is 11.5 Å². The minimum atomic E-state index is -0.708. The van der Waals surface area contributed by atoms with E-state index in [1.165, 1.54) is 6.92 Å². The van der Waals surface area contributed by atoms with Crippen LogP contribution in [0.25, 0.3) is 0 Å². The van der Waals surface area contributed by atoms with Gasteiger partial charge in [0.2, 0.25) is 5.91 Å². The van der Waals surface area contributed by atoms with E-state index < -0.39 is 12.0 Å². The fourth-order valence-electron chi connectivity index (χ4n) is 2.31. The number of hydrogen-bond acceptors (Lipinski definition) is 4. The van der Waals surface area contributed by atoms with Crippen LogP contribution in [-0.4, -0.2) is 24.0 Å². The molecule has 5 nitrogen and oxygen atoms in total. The fourth-order valence-corrected chi connectivity index (χ4v) is 2.31. The van der Waals surface area contributed by atoms with E-state index in [1.807, 2.05) is 54.6 Å². The van der Waals surface area contributed by atoms with E-state index in [1.54, 1.807) is 13.8 Å². The fraction of sp³-hybridized carbons (Fsp3) is 0.300. The van der Waals surface area contributed by atoms with Gasteiger partial charge >= 0.3 is 5.97 Å². The highest BCUT2D eigenvalue weighted by Gasteiger charge is 2.22. The third kappa shape index (κ3) is 6.30. The minimum Gasteiger partial charge on any atom is -0.461 e. The highest BCUT2D eigenvalue weighted by Crippen LogP contribution is 2.21.